The highest BCUT2D eigenvalue weighted by atomic mass is 16.5. The summed E-state index contributed by atoms with van der Waals surface area (Å²) < 4.78 is 5.31. The van der Waals surface area contributed by atoms with Crippen LogP contribution in [0.25, 0.3) is 0 Å². The maximum absolute atomic E-state index is 12.8. The molecule has 1 saturated carbocycles. The second kappa shape index (κ2) is 15.1. The van der Waals surface area contributed by atoms with E-state index >= 15 is 0 Å². The molecule has 1 aromatic rings. The molecule has 2 unspecified atom stereocenters. The molecule has 0 spiro atoms. The predicted octanol–water partition coefficient (Wildman–Crippen LogP) is 7.16. The molecule has 4 nitrogen and oxygen atoms in total. The van der Waals surface area contributed by atoms with Crippen molar-refractivity contribution in [3.63, 3.8) is 0 Å². The molecule has 0 heterocycles. The van der Waals surface area contributed by atoms with Crippen LogP contribution >= 0.6 is 0 Å². The van der Waals surface area contributed by atoms with Crippen LogP contribution in [0.5, 0.6) is 0 Å². The summed E-state index contributed by atoms with van der Waals surface area (Å²) >= 11 is 0. The molecule has 0 aliphatic heterocycles. The number of aliphatic hydroxyl groups excluding tert-OH is 1. The molecule has 1 aliphatic rings. The molecule has 0 radical (unpaired) electrons. The number of unbranched alkanes of at least 4 members (excludes halogenated alkanes) is 5. The summed E-state index contributed by atoms with van der Waals surface area (Å²) in [6, 6.07) is 9.87. The number of ether oxygens (including phenoxy) is 1. The van der Waals surface area contributed by atoms with E-state index in [-0.39, 0.29) is 23.2 Å². The molecule has 1 N–H and O–H groups in total. The Labute approximate surface area is 207 Å². The van der Waals surface area contributed by atoms with Crippen molar-refractivity contribution in [2.75, 3.05) is 6.61 Å². The molecule has 0 amide bonds. The molecule has 4 atom stereocenters. The van der Waals surface area contributed by atoms with Crippen molar-refractivity contribution in [1.82, 2.24) is 0 Å². The lowest BCUT2D eigenvalue weighted by atomic mass is 9.74. The third-order valence-corrected chi connectivity index (χ3v) is 7.52. The van der Waals surface area contributed by atoms with E-state index in [9.17, 15) is 14.7 Å². The highest BCUT2D eigenvalue weighted by molar-refractivity contribution is 5.87. The summed E-state index contributed by atoms with van der Waals surface area (Å²) in [6.07, 6.45) is 15.1. The molecule has 1 aliphatic carbocycles. The Morgan fingerprint density at radius 1 is 1.09 bits per heavy atom. The molecular weight excluding hydrogens is 424 g/mol. The molecule has 0 bridgehead atoms. The maximum Gasteiger partial charge on any atom is 0.313 e. The SMILES string of the molecule is CCCCCCC(O)C=C[C@H]1CCC(=O)[C@@]1(C)CCCCCC(C(=O)OCC)c1ccccc1. The number of ketones is 1. The van der Waals surface area contributed by atoms with Gasteiger partial charge in [0, 0.05) is 11.8 Å². The Hall–Kier alpha value is -1.94. The first kappa shape index (κ1) is 28.3. The molecular formula is C30H46O4. The molecule has 0 saturated heterocycles. The number of carbonyl (C=O) groups excluding carboxylic acids is 2. The quantitative estimate of drug-likeness (QED) is 0.158. The van der Waals surface area contributed by atoms with Gasteiger partial charge in [-0.25, -0.2) is 0 Å². The fraction of sp³-hybridized carbons (Fsp3) is 0.667. The molecule has 1 fully saturated rings. The minimum atomic E-state index is -0.408. The van der Waals surface area contributed by atoms with Gasteiger partial charge in [-0.2, -0.15) is 0 Å². The highest BCUT2D eigenvalue weighted by Crippen LogP contribution is 2.45. The summed E-state index contributed by atoms with van der Waals surface area (Å²) in [5.74, 6) is 0.194. The van der Waals surface area contributed by atoms with Crippen LogP contribution in [0, 0.1) is 11.3 Å². The van der Waals surface area contributed by atoms with Gasteiger partial charge in [0.05, 0.1) is 18.6 Å². The standard InChI is InChI=1S/C30H46O4/c1-4-6-7-12-17-26(31)21-19-25-20-22-28(32)30(25,3)23-14-9-13-18-27(29(33)34-5-2)24-15-10-8-11-16-24/h8,10-11,15-16,19,21,25-27,31H,4-7,9,12-14,17-18,20,22-23H2,1-3H3/t25-,26?,27?,30-/m0/s1. The predicted molar refractivity (Wildman–Crippen MR) is 139 cm³/mol. The van der Waals surface area contributed by atoms with Gasteiger partial charge < -0.3 is 9.84 Å². The maximum atomic E-state index is 12.8. The summed E-state index contributed by atoms with van der Waals surface area (Å²) in [4.78, 5) is 25.2. The average Bonchev–Trinajstić information content (AvgIpc) is 3.11. The zero-order valence-electron chi connectivity index (χ0n) is 21.6. The Morgan fingerprint density at radius 3 is 2.50 bits per heavy atom. The van der Waals surface area contributed by atoms with Crippen LogP contribution in [0.3, 0.4) is 0 Å². The Bertz CT molecular complexity index is 756. The van der Waals surface area contributed by atoms with Crippen LogP contribution < -0.4 is 0 Å². The van der Waals surface area contributed by atoms with Gasteiger partial charge in [0.2, 0.25) is 0 Å². The topological polar surface area (TPSA) is 63.6 Å². The summed E-state index contributed by atoms with van der Waals surface area (Å²) in [5.41, 5.74) is 0.677. The van der Waals surface area contributed by atoms with Gasteiger partial charge in [-0.05, 0) is 44.1 Å². The lowest BCUT2D eigenvalue weighted by molar-refractivity contribution is -0.145. The second-order valence-corrected chi connectivity index (χ2v) is 10.1. The zero-order chi connectivity index (χ0) is 24.8. The highest BCUT2D eigenvalue weighted by Gasteiger charge is 2.43. The normalized spacial score (nSPS) is 22.2. The van der Waals surface area contributed by atoms with E-state index < -0.39 is 6.10 Å². The molecule has 34 heavy (non-hydrogen) atoms. The number of hydrogen-bond acceptors (Lipinski definition) is 4. The fourth-order valence-corrected chi connectivity index (χ4v) is 5.24. The fourth-order valence-electron chi connectivity index (χ4n) is 5.24. The minimum absolute atomic E-state index is 0.148. The van der Waals surface area contributed by atoms with Gasteiger partial charge >= 0.3 is 5.97 Å². The Balaban J connectivity index is 1.83. The summed E-state index contributed by atoms with van der Waals surface area (Å²) in [7, 11) is 0. The average molecular weight is 471 g/mol. The Kier molecular flexibility index (Phi) is 12.6. The molecule has 1 aromatic carbocycles. The summed E-state index contributed by atoms with van der Waals surface area (Å²) in [5, 5.41) is 10.3. The van der Waals surface area contributed by atoms with Crippen molar-refractivity contribution in [3.8, 4) is 0 Å². The largest absolute Gasteiger partial charge is 0.466 e. The van der Waals surface area contributed by atoms with Crippen LogP contribution in [0.1, 0.15) is 109 Å². The first-order valence-electron chi connectivity index (χ1n) is 13.5. The number of esters is 1. The smallest absolute Gasteiger partial charge is 0.313 e. The minimum Gasteiger partial charge on any atom is -0.466 e. The monoisotopic (exact) mass is 470 g/mol. The van der Waals surface area contributed by atoms with Gasteiger partial charge in [-0.3, -0.25) is 9.59 Å². The lowest BCUT2D eigenvalue weighted by Crippen LogP contribution is -2.28. The van der Waals surface area contributed by atoms with Gasteiger partial charge in [0.25, 0.3) is 0 Å². The third-order valence-electron chi connectivity index (χ3n) is 7.52. The van der Waals surface area contributed by atoms with Crippen molar-refractivity contribution in [2.45, 2.75) is 110 Å². The van der Waals surface area contributed by atoms with Gasteiger partial charge in [-0.15, -0.1) is 0 Å². The van der Waals surface area contributed by atoms with Crippen LogP contribution in [0.4, 0.5) is 0 Å². The first-order chi connectivity index (χ1) is 16.4. The van der Waals surface area contributed by atoms with E-state index in [1.54, 1.807) is 0 Å². The van der Waals surface area contributed by atoms with Crippen molar-refractivity contribution < 1.29 is 19.4 Å². The van der Waals surface area contributed by atoms with Gasteiger partial charge in [-0.1, -0.05) is 101 Å². The van der Waals surface area contributed by atoms with E-state index in [1.165, 1.54) is 19.3 Å². The van der Waals surface area contributed by atoms with Crippen LogP contribution in [0.2, 0.25) is 0 Å². The summed E-state index contributed by atoms with van der Waals surface area (Å²) in [6.45, 7) is 6.53. The van der Waals surface area contributed by atoms with Gasteiger partial charge in [0.1, 0.15) is 5.78 Å². The molecule has 4 heteroatoms. The van der Waals surface area contributed by atoms with E-state index in [0.717, 1.165) is 56.9 Å². The number of hydrogen-bond donors (Lipinski definition) is 1. The number of benzene rings is 1. The van der Waals surface area contributed by atoms with Crippen LogP contribution in [-0.4, -0.2) is 29.6 Å². The zero-order valence-corrected chi connectivity index (χ0v) is 21.6. The second-order valence-electron chi connectivity index (χ2n) is 10.1. The lowest BCUT2D eigenvalue weighted by Gasteiger charge is -2.28. The van der Waals surface area contributed by atoms with Gasteiger partial charge in [0.15, 0.2) is 0 Å². The number of carbonyl (C=O) groups is 2. The van der Waals surface area contributed by atoms with E-state index in [0.29, 0.717) is 18.8 Å². The molecule has 0 aromatic heterocycles. The van der Waals surface area contributed by atoms with Crippen molar-refractivity contribution in [1.29, 1.82) is 0 Å². The third kappa shape index (κ3) is 8.69. The number of Topliss-reactive ketones (excluding diaryl/α,β-unsaturated/α-hetero) is 1. The Morgan fingerprint density at radius 2 is 1.79 bits per heavy atom. The van der Waals surface area contributed by atoms with Crippen molar-refractivity contribution in [3.05, 3.63) is 48.0 Å². The number of rotatable bonds is 16. The van der Waals surface area contributed by atoms with Crippen LogP contribution in [-0.2, 0) is 14.3 Å². The van der Waals surface area contributed by atoms with E-state index in [4.69, 9.17) is 4.74 Å². The van der Waals surface area contributed by atoms with Crippen molar-refractivity contribution in [2.24, 2.45) is 11.3 Å². The first-order valence-corrected chi connectivity index (χ1v) is 13.5. The van der Waals surface area contributed by atoms with E-state index in [1.807, 2.05) is 43.3 Å². The van der Waals surface area contributed by atoms with Crippen LogP contribution in [0.15, 0.2) is 42.5 Å². The molecule has 2 rings (SSSR count). The van der Waals surface area contributed by atoms with E-state index in [2.05, 4.69) is 19.9 Å². The number of aliphatic hydroxyl groups is 1. The molecule has 190 valence electrons. The van der Waals surface area contributed by atoms with Crippen molar-refractivity contribution >= 4 is 11.8 Å². The number of allylic oxidation sites excluding steroid dienone is 1.